The minimum absolute atomic E-state index is 0.0228. The first-order valence-corrected chi connectivity index (χ1v) is 11.2. The molecule has 0 fully saturated rings. The minimum Gasteiger partial charge on any atom is -0.493 e. The van der Waals surface area contributed by atoms with E-state index in [1.165, 1.54) is 30.3 Å². The van der Waals surface area contributed by atoms with E-state index in [0.29, 0.717) is 23.5 Å². The lowest BCUT2D eigenvalue weighted by atomic mass is 10.1. The fourth-order valence-corrected chi connectivity index (χ4v) is 3.17. The first-order chi connectivity index (χ1) is 17.4. The van der Waals surface area contributed by atoms with Crippen LogP contribution >= 0.6 is 0 Å². The molecule has 3 aromatic carbocycles. The molecule has 0 atom stereocenters. The maximum atomic E-state index is 12.8. The molecule has 9 heteroatoms. The largest absolute Gasteiger partial charge is 0.493 e. The zero-order valence-corrected chi connectivity index (χ0v) is 19.4. The number of rotatable bonds is 12. The second kappa shape index (κ2) is 13.6. The molecule has 0 aliphatic rings. The summed E-state index contributed by atoms with van der Waals surface area (Å²) in [4.78, 5) is 15.4. The number of aliphatic hydroxyl groups is 2. The highest BCUT2D eigenvalue weighted by Crippen LogP contribution is 2.17. The van der Waals surface area contributed by atoms with Gasteiger partial charge in [-0.05, 0) is 53.6 Å². The molecule has 7 nitrogen and oxygen atoms in total. The zero-order valence-electron chi connectivity index (χ0n) is 19.4. The highest BCUT2D eigenvalue weighted by molar-refractivity contribution is 6.02. The highest BCUT2D eigenvalue weighted by Gasteiger charge is 2.17. The summed E-state index contributed by atoms with van der Waals surface area (Å²) in [5.74, 6) is -0.271. The van der Waals surface area contributed by atoms with Crippen molar-refractivity contribution in [1.82, 2.24) is 5.32 Å². The van der Waals surface area contributed by atoms with E-state index in [9.17, 15) is 18.7 Å². The number of halogens is 2. The van der Waals surface area contributed by atoms with Crippen LogP contribution in [0.4, 0.5) is 8.78 Å². The normalized spacial score (nSPS) is 11.9. The van der Waals surface area contributed by atoms with Crippen LogP contribution in [0, 0.1) is 0 Å². The lowest BCUT2D eigenvalue weighted by Gasteiger charge is -2.09. The van der Waals surface area contributed by atoms with Crippen LogP contribution in [0.15, 0.2) is 84.6 Å². The van der Waals surface area contributed by atoms with Crippen molar-refractivity contribution in [2.75, 3.05) is 19.8 Å². The quantitative estimate of drug-likeness (QED) is 0.228. The molecule has 4 N–H and O–H groups in total. The molecule has 0 spiro atoms. The summed E-state index contributed by atoms with van der Waals surface area (Å²) < 4.78 is 34.8. The van der Waals surface area contributed by atoms with Crippen LogP contribution in [0.3, 0.4) is 0 Å². The van der Waals surface area contributed by atoms with Crippen molar-refractivity contribution in [2.45, 2.75) is 13.0 Å². The van der Waals surface area contributed by atoms with Crippen LogP contribution in [-0.4, -0.2) is 48.4 Å². The Balaban J connectivity index is 1.67. The van der Waals surface area contributed by atoms with Crippen molar-refractivity contribution in [3.8, 4) is 11.5 Å². The third-order valence-electron chi connectivity index (χ3n) is 4.94. The predicted octanol–water partition coefficient (Wildman–Crippen LogP) is 2.71. The van der Waals surface area contributed by atoms with Gasteiger partial charge in [0.25, 0.3) is 5.91 Å². The number of alkyl halides is 2. The molecule has 0 aromatic heterocycles. The van der Waals surface area contributed by atoms with Gasteiger partial charge in [-0.1, -0.05) is 42.5 Å². The summed E-state index contributed by atoms with van der Waals surface area (Å²) in [7, 11) is 0. The van der Waals surface area contributed by atoms with Gasteiger partial charge in [-0.2, -0.15) is 8.78 Å². The monoisotopic (exact) mass is 497 g/mol. The number of ether oxygens (including phenoxy) is 2. The van der Waals surface area contributed by atoms with Crippen LogP contribution in [0.25, 0.3) is 6.08 Å². The average molecular weight is 498 g/mol. The van der Waals surface area contributed by atoms with Gasteiger partial charge in [0.1, 0.15) is 18.1 Å². The van der Waals surface area contributed by atoms with Gasteiger partial charge in [-0.25, -0.2) is 4.99 Å². The maximum absolute atomic E-state index is 12.8. The Labute approximate surface area is 207 Å². The fraction of sp³-hybridized carbons (Fsp3) is 0.185. The standard InChI is InChI=1S/C27H26F2N2O5/c28-27(29)36-23-10-6-20(7-11-23)18-24(26(34)30-15-16-32)31-25(33)21-8-12-22(13-9-21)35-17-14-19-4-2-1-3-5-19/h1-13,18,27,32H,14-17H2,(H,30,34)(H,31,33)/p+1/b24-18-. The summed E-state index contributed by atoms with van der Waals surface area (Å²) in [6, 6.07) is 22.2. The third-order valence-corrected chi connectivity index (χ3v) is 4.94. The summed E-state index contributed by atoms with van der Waals surface area (Å²) in [6.45, 7) is -2.64. The van der Waals surface area contributed by atoms with Crippen molar-refractivity contribution in [3.63, 3.8) is 0 Å². The summed E-state index contributed by atoms with van der Waals surface area (Å²) in [5.41, 5.74) is 2.02. The smallest absolute Gasteiger partial charge is 0.387 e. The van der Waals surface area contributed by atoms with Crippen LogP contribution in [0.1, 0.15) is 21.5 Å². The second-order valence-electron chi connectivity index (χ2n) is 7.57. The van der Waals surface area contributed by atoms with Crippen molar-refractivity contribution < 1.29 is 38.3 Å². The van der Waals surface area contributed by atoms with Gasteiger partial charge in [0.05, 0.1) is 6.61 Å². The Morgan fingerprint density at radius 3 is 2.28 bits per heavy atom. The van der Waals surface area contributed by atoms with Crippen molar-refractivity contribution in [3.05, 3.63) is 101 Å². The SMILES string of the molecule is O=C(N/C(=C\c1ccc(OC(F)F)cc1)C(O)=[NH+]CCO)c1ccc(OCCc2ccccc2)cc1. The highest BCUT2D eigenvalue weighted by atomic mass is 19.3. The van der Waals surface area contributed by atoms with E-state index in [4.69, 9.17) is 9.84 Å². The minimum atomic E-state index is -2.94. The number of carbonyl (C=O) groups is 1. The van der Waals surface area contributed by atoms with E-state index in [1.807, 2.05) is 30.3 Å². The molecule has 0 radical (unpaired) electrons. The number of nitrogens with one attached hydrogen (secondary N) is 2. The van der Waals surface area contributed by atoms with Gasteiger partial charge in [-0.15, -0.1) is 0 Å². The summed E-state index contributed by atoms with van der Waals surface area (Å²) in [6.07, 6.45) is 2.20. The first kappa shape index (κ1) is 26.4. The molecule has 36 heavy (non-hydrogen) atoms. The van der Waals surface area contributed by atoms with E-state index in [2.05, 4.69) is 15.0 Å². The number of aliphatic hydroxyl groups excluding tert-OH is 2. The van der Waals surface area contributed by atoms with Crippen molar-refractivity contribution in [1.29, 1.82) is 0 Å². The molecule has 0 aliphatic heterocycles. The molecule has 0 bridgehead atoms. The average Bonchev–Trinajstić information content (AvgIpc) is 2.88. The van der Waals surface area contributed by atoms with Gasteiger partial charge in [-0.3, -0.25) is 4.79 Å². The Hall–Kier alpha value is -4.24. The molecule has 0 heterocycles. The molecule has 1 amide bonds. The number of benzene rings is 3. The van der Waals surface area contributed by atoms with Crippen molar-refractivity contribution in [2.24, 2.45) is 0 Å². The number of carbonyl (C=O) groups excluding carboxylic acids is 1. The molecular weight excluding hydrogens is 470 g/mol. The van der Waals surface area contributed by atoms with Crippen LogP contribution in [0.5, 0.6) is 11.5 Å². The number of hydrogen-bond donors (Lipinski definition) is 4. The molecular formula is C27H27F2N2O5+. The second-order valence-corrected chi connectivity index (χ2v) is 7.57. The van der Waals surface area contributed by atoms with E-state index in [1.54, 1.807) is 24.3 Å². The zero-order chi connectivity index (χ0) is 25.8. The van der Waals surface area contributed by atoms with Gasteiger partial charge in [0.2, 0.25) is 0 Å². The molecule has 3 rings (SSSR count). The van der Waals surface area contributed by atoms with Gasteiger partial charge in [0, 0.05) is 12.0 Å². The molecule has 0 aliphatic carbocycles. The van der Waals surface area contributed by atoms with E-state index in [0.717, 1.165) is 12.0 Å². The Bertz CT molecular complexity index is 1170. The van der Waals surface area contributed by atoms with E-state index < -0.39 is 12.5 Å². The number of amides is 1. The van der Waals surface area contributed by atoms with Gasteiger partial charge >= 0.3 is 12.5 Å². The third kappa shape index (κ3) is 8.52. The van der Waals surface area contributed by atoms with Crippen LogP contribution in [-0.2, 0) is 6.42 Å². The topological polar surface area (TPSA) is 102 Å². The molecule has 188 valence electrons. The molecule has 0 unspecified atom stereocenters. The van der Waals surface area contributed by atoms with E-state index in [-0.39, 0.29) is 30.5 Å². The van der Waals surface area contributed by atoms with E-state index >= 15 is 0 Å². The molecule has 0 saturated carbocycles. The lowest BCUT2D eigenvalue weighted by molar-refractivity contribution is -0.468. The predicted molar refractivity (Wildman–Crippen MR) is 131 cm³/mol. The van der Waals surface area contributed by atoms with Gasteiger partial charge < -0.3 is 25.0 Å². The fourth-order valence-electron chi connectivity index (χ4n) is 3.17. The number of hydrogen-bond acceptors (Lipinski definition) is 4. The van der Waals surface area contributed by atoms with Crippen molar-refractivity contribution >= 4 is 17.9 Å². The lowest BCUT2D eigenvalue weighted by Crippen LogP contribution is -2.75. The summed E-state index contributed by atoms with van der Waals surface area (Å²) in [5, 5.41) is 22.0. The first-order valence-electron chi connectivity index (χ1n) is 11.2. The Morgan fingerprint density at radius 1 is 0.972 bits per heavy atom. The Morgan fingerprint density at radius 2 is 1.64 bits per heavy atom. The van der Waals surface area contributed by atoms with Gasteiger partial charge in [0.15, 0.2) is 12.2 Å². The Kier molecular flexibility index (Phi) is 9.96. The molecule has 3 aromatic rings. The summed E-state index contributed by atoms with van der Waals surface area (Å²) >= 11 is 0. The maximum Gasteiger partial charge on any atom is 0.387 e. The van der Waals surface area contributed by atoms with Crippen LogP contribution in [0.2, 0.25) is 0 Å². The van der Waals surface area contributed by atoms with Crippen LogP contribution < -0.4 is 19.8 Å². The molecule has 0 saturated heterocycles.